The van der Waals surface area contributed by atoms with Crippen molar-refractivity contribution in [3.63, 3.8) is 0 Å². The lowest BCUT2D eigenvalue weighted by Gasteiger charge is -2.26. The monoisotopic (exact) mass is 398 g/mol. The zero-order chi connectivity index (χ0) is 19.6. The molecule has 0 bridgehead atoms. The molecular weight excluding hydrogens is 364 g/mol. The molecule has 0 radical (unpaired) electrons. The van der Waals surface area contributed by atoms with E-state index in [-0.39, 0.29) is 13.2 Å². The predicted molar refractivity (Wildman–Crippen MR) is 102 cm³/mol. The Morgan fingerprint density at radius 3 is 1.64 bits per heavy atom. The lowest BCUT2D eigenvalue weighted by molar-refractivity contribution is -0.911. The molecular formula is C20H34N2O6+2. The fourth-order valence-corrected chi connectivity index (χ4v) is 3.55. The predicted octanol–water partition coefficient (Wildman–Crippen LogP) is -3.00. The Morgan fingerprint density at radius 1 is 0.786 bits per heavy atom. The summed E-state index contributed by atoms with van der Waals surface area (Å²) >= 11 is 0. The molecule has 3 rings (SSSR count). The van der Waals surface area contributed by atoms with E-state index in [0.29, 0.717) is 24.6 Å². The minimum absolute atomic E-state index is 0.247. The number of aliphatic hydroxyl groups is 2. The standard InChI is InChI=1S/C20H32N2O6/c23-17(13-21-4-8-25-9-5-21)15-27-19-2-1-3-20(12-19)28-16-18(24)14-22-6-10-26-11-7-22/h1-3,12,17-18,23-24H,4-11,13-16H2/p+2. The number of hydrogen-bond acceptors (Lipinski definition) is 6. The van der Waals surface area contributed by atoms with Crippen molar-refractivity contribution in [1.29, 1.82) is 0 Å². The molecule has 2 saturated heterocycles. The van der Waals surface area contributed by atoms with E-state index in [9.17, 15) is 10.2 Å². The van der Waals surface area contributed by atoms with Gasteiger partial charge in [0.15, 0.2) is 0 Å². The van der Waals surface area contributed by atoms with Crippen molar-refractivity contribution in [2.75, 3.05) is 78.9 Å². The Hall–Kier alpha value is -1.42. The fourth-order valence-electron chi connectivity index (χ4n) is 3.55. The van der Waals surface area contributed by atoms with Crippen LogP contribution in [0.2, 0.25) is 0 Å². The molecule has 2 aliphatic heterocycles. The second-order valence-electron chi connectivity index (χ2n) is 7.54. The molecule has 2 fully saturated rings. The topological polar surface area (TPSA) is 86.3 Å². The van der Waals surface area contributed by atoms with Crippen molar-refractivity contribution in [1.82, 2.24) is 0 Å². The summed E-state index contributed by atoms with van der Waals surface area (Å²) in [5.74, 6) is 1.31. The van der Waals surface area contributed by atoms with Gasteiger partial charge >= 0.3 is 0 Å². The summed E-state index contributed by atoms with van der Waals surface area (Å²) < 4.78 is 22.1. The quantitative estimate of drug-likeness (QED) is 0.336. The number of morpholine rings is 2. The Morgan fingerprint density at radius 2 is 1.21 bits per heavy atom. The summed E-state index contributed by atoms with van der Waals surface area (Å²) in [4.78, 5) is 2.69. The highest BCUT2D eigenvalue weighted by Gasteiger charge is 2.20. The van der Waals surface area contributed by atoms with Crippen molar-refractivity contribution < 1.29 is 39.0 Å². The van der Waals surface area contributed by atoms with Gasteiger partial charge in [0.2, 0.25) is 0 Å². The molecule has 8 nitrogen and oxygen atoms in total. The van der Waals surface area contributed by atoms with Gasteiger partial charge in [-0.2, -0.15) is 0 Å². The van der Waals surface area contributed by atoms with Gasteiger partial charge in [-0.15, -0.1) is 0 Å². The summed E-state index contributed by atoms with van der Waals surface area (Å²) in [5.41, 5.74) is 0. The van der Waals surface area contributed by atoms with Gasteiger partial charge in [-0.3, -0.25) is 0 Å². The molecule has 2 atom stereocenters. The van der Waals surface area contributed by atoms with Crippen LogP contribution in [0.4, 0.5) is 0 Å². The van der Waals surface area contributed by atoms with Crippen LogP contribution in [0, 0.1) is 0 Å². The zero-order valence-corrected chi connectivity index (χ0v) is 16.5. The molecule has 158 valence electrons. The average Bonchev–Trinajstić information content (AvgIpc) is 2.73. The molecule has 0 aromatic heterocycles. The molecule has 1 aromatic rings. The summed E-state index contributed by atoms with van der Waals surface area (Å²) in [7, 11) is 0. The SMILES string of the molecule is OC(COc1cccc(OCC(O)C[NH+]2CCOCC2)c1)C[NH+]1CCOCC1. The third-order valence-electron chi connectivity index (χ3n) is 5.14. The van der Waals surface area contributed by atoms with Crippen LogP contribution < -0.4 is 19.3 Å². The van der Waals surface area contributed by atoms with E-state index in [4.69, 9.17) is 18.9 Å². The molecule has 2 heterocycles. The molecule has 0 saturated carbocycles. The summed E-state index contributed by atoms with van der Waals surface area (Å²) in [5, 5.41) is 20.4. The Kier molecular flexibility index (Phi) is 8.78. The molecule has 0 amide bonds. The first-order chi connectivity index (χ1) is 13.7. The highest BCUT2D eigenvalue weighted by Crippen LogP contribution is 2.19. The van der Waals surface area contributed by atoms with Crippen LogP contribution in [0.25, 0.3) is 0 Å². The first kappa shape index (κ1) is 21.3. The molecule has 4 N–H and O–H groups in total. The summed E-state index contributed by atoms with van der Waals surface area (Å²) in [6.07, 6.45) is -1.04. The first-order valence-corrected chi connectivity index (χ1v) is 10.2. The van der Waals surface area contributed by atoms with Crippen molar-refractivity contribution in [3.05, 3.63) is 24.3 Å². The number of quaternary nitrogens is 2. The smallest absolute Gasteiger partial charge is 0.137 e. The van der Waals surface area contributed by atoms with E-state index < -0.39 is 12.2 Å². The van der Waals surface area contributed by atoms with Gasteiger partial charge < -0.3 is 39.0 Å². The van der Waals surface area contributed by atoms with Crippen LogP contribution in [0.15, 0.2) is 24.3 Å². The van der Waals surface area contributed by atoms with Crippen molar-refractivity contribution in [2.45, 2.75) is 12.2 Å². The van der Waals surface area contributed by atoms with Crippen LogP contribution in [-0.2, 0) is 9.47 Å². The highest BCUT2D eigenvalue weighted by atomic mass is 16.5. The van der Waals surface area contributed by atoms with Crippen LogP contribution in [-0.4, -0.2) is 101 Å². The van der Waals surface area contributed by atoms with E-state index >= 15 is 0 Å². The second kappa shape index (κ2) is 11.5. The number of rotatable bonds is 10. The molecule has 0 spiro atoms. The second-order valence-corrected chi connectivity index (χ2v) is 7.54. The van der Waals surface area contributed by atoms with Gasteiger partial charge in [0.05, 0.1) is 26.4 Å². The van der Waals surface area contributed by atoms with Gasteiger partial charge in [0.1, 0.15) is 76.2 Å². The van der Waals surface area contributed by atoms with Crippen molar-refractivity contribution in [2.24, 2.45) is 0 Å². The minimum atomic E-state index is -0.518. The first-order valence-electron chi connectivity index (χ1n) is 10.2. The third-order valence-corrected chi connectivity index (χ3v) is 5.14. The molecule has 28 heavy (non-hydrogen) atoms. The largest absolute Gasteiger partial charge is 0.491 e. The summed E-state index contributed by atoms with van der Waals surface area (Å²) in [6.45, 7) is 8.52. The number of ether oxygens (including phenoxy) is 4. The Labute approximate surface area is 166 Å². The van der Waals surface area contributed by atoms with E-state index in [1.165, 1.54) is 9.80 Å². The number of nitrogens with one attached hydrogen (secondary N) is 2. The fraction of sp³-hybridized carbons (Fsp3) is 0.700. The number of aliphatic hydroxyl groups excluding tert-OH is 2. The molecule has 0 aliphatic carbocycles. The van der Waals surface area contributed by atoms with Crippen LogP contribution >= 0.6 is 0 Å². The van der Waals surface area contributed by atoms with E-state index in [1.807, 2.05) is 18.2 Å². The van der Waals surface area contributed by atoms with E-state index in [0.717, 1.165) is 52.6 Å². The minimum Gasteiger partial charge on any atom is -0.491 e. The Bertz CT molecular complexity index is 518. The van der Waals surface area contributed by atoms with E-state index in [1.54, 1.807) is 6.07 Å². The molecule has 2 unspecified atom stereocenters. The maximum atomic E-state index is 10.2. The van der Waals surface area contributed by atoms with Crippen LogP contribution in [0.5, 0.6) is 11.5 Å². The molecule has 1 aromatic carbocycles. The van der Waals surface area contributed by atoms with Gasteiger partial charge in [0.25, 0.3) is 0 Å². The Balaban J connectivity index is 1.36. The van der Waals surface area contributed by atoms with Gasteiger partial charge in [-0.25, -0.2) is 0 Å². The lowest BCUT2D eigenvalue weighted by atomic mass is 10.3. The van der Waals surface area contributed by atoms with Gasteiger partial charge in [-0.1, -0.05) is 6.07 Å². The lowest BCUT2D eigenvalue weighted by Crippen LogP contribution is -3.15. The maximum Gasteiger partial charge on any atom is 0.137 e. The highest BCUT2D eigenvalue weighted by molar-refractivity contribution is 5.32. The average molecular weight is 399 g/mol. The molecule has 2 aliphatic rings. The van der Waals surface area contributed by atoms with Crippen LogP contribution in [0.1, 0.15) is 0 Å². The number of benzene rings is 1. The third kappa shape index (κ3) is 7.54. The molecule has 8 heteroatoms. The normalized spacial score (nSPS) is 21.2. The van der Waals surface area contributed by atoms with Crippen LogP contribution in [0.3, 0.4) is 0 Å². The number of hydrogen-bond donors (Lipinski definition) is 4. The zero-order valence-electron chi connectivity index (χ0n) is 16.5. The van der Waals surface area contributed by atoms with E-state index in [2.05, 4.69) is 0 Å². The van der Waals surface area contributed by atoms with Crippen molar-refractivity contribution >= 4 is 0 Å². The van der Waals surface area contributed by atoms with Gasteiger partial charge in [-0.05, 0) is 12.1 Å². The summed E-state index contributed by atoms with van der Waals surface area (Å²) in [6, 6.07) is 7.33. The van der Waals surface area contributed by atoms with Crippen molar-refractivity contribution in [3.8, 4) is 11.5 Å². The maximum absolute atomic E-state index is 10.2. The van der Waals surface area contributed by atoms with Gasteiger partial charge in [0, 0.05) is 6.07 Å².